The highest BCUT2D eigenvalue weighted by Crippen LogP contribution is 2.27. The molecule has 21 heavy (non-hydrogen) atoms. The summed E-state index contributed by atoms with van der Waals surface area (Å²) in [6.07, 6.45) is -0.526. The zero-order valence-electron chi connectivity index (χ0n) is 13.6. The van der Waals surface area contributed by atoms with Gasteiger partial charge in [-0.3, -0.25) is 0 Å². The Morgan fingerprint density at radius 2 is 2.05 bits per heavy atom. The van der Waals surface area contributed by atoms with Gasteiger partial charge in [0.25, 0.3) is 0 Å². The second kappa shape index (κ2) is 7.99. The Hall–Kier alpha value is -0.810. The number of anilines is 1. The van der Waals surface area contributed by atoms with E-state index in [2.05, 4.69) is 26.1 Å². The van der Waals surface area contributed by atoms with Crippen molar-refractivity contribution < 1.29 is 9.84 Å². The molecule has 0 aliphatic heterocycles. The normalized spacial score (nSPS) is 13.3. The molecule has 5 heteroatoms. The number of methoxy groups -OCH3 is 1. The summed E-state index contributed by atoms with van der Waals surface area (Å²) in [5.74, 6) is 0. The molecule has 1 rings (SSSR count). The summed E-state index contributed by atoms with van der Waals surface area (Å²) in [4.78, 5) is 2.01. The van der Waals surface area contributed by atoms with Gasteiger partial charge in [0, 0.05) is 49.1 Å². The first kappa shape index (κ1) is 18.2. The van der Waals surface area contributed by atoms with Crippen molar-refractivity contribution in [2.24, 2.45) is 0 Å². The van der Waals surface area contributed by atoms with Gasteiger partial charge in [0.05, 0.1) is 12.7 Å². The predicted molar refractivity (Wildman–Crippen MR) is 89.2 cm³/mol. The number of likely N-dealkylation sites (N-methyl/N-ethyl adjacent to an activating group) is 1. The lowest BCUT2D eigenvalue weighted by Gasteiger charge is -2.27. The average molecular weight is 315 g/mol. The fourth-order valence-corrected chi connectivity index (χ4v) is 2.33. The van der Waals surface area contributed by atoms with Crippen molar-refractivity contribution in [2.45, 2.75) is 39.0 Å². The maximum Gasteiger partial charge on any atom is 0.0947 e. The van der Waals surface area contributed by atoms with Gasteiger partial charge in [-0.25, -0.2) is 0 Å². The first-order valence-corrected chi connectivity index (χ1v) is 7.53. The van der Waals surface area contributed by atoms with E-state index < -0.39 is 6.10 Å². The number of hydrogen-bond donors (Lipinski definition) is 2. The summed E-state index contributed by atoms with van der Waals surface area (Å²) < 4.78 is 4.97. The molecule has 0 saturated heterocycles. The Kier molecular flexibility index (Phi) is 6.94. The van der Waals surface area contributed by atoms with E-state index in [4.69, 9.17) is 16.3 Å². The Morgan fingerprint density at radius 3 is 2.62 bits per heavy atom. The number of hydrogen-bond acceptors (Lipinski definition) is 4. The summed E-state index contributed by atoms with van der Waals surface area (Å²) >= 11 is 6.35. The lowest BCUT2D eigenvalue weighted by molar-refractivity contribution is 0.0695. The molecule has 1 aromatic carbocycles. The van der Waals surface area contributed by atoms with Gasteiger partial charge in [0.1, 0.15) is 0 Å². The van der Waals surface area contributed by atoms with Crippen molar-refractivity contribution >= 4 is 17.3 Å². The number of nitrogens with zero attached hydrogens (tertiary/aromatic N) is 1. The molecule has 0 bridgehead atoms. The van der Waals surface area contributed by atoms with Gasteiger partial charge in [-0.2, -0.15) is 0 Å². The summed E-state index contributed by atoms with van der Waals surface area (Å²) in [5, 5.41) is 14.1. The van der Waals surface area contributed by atoms with E-state index in [9.17, 15) is 5.11 Å². The van der Waals surface area contributed by atoms with E-state index in [0.717, 1.165) is 16.3 Å². The van der Waals surface area contributed by atoms with Crippen molar-refractivity contribution in [3.63, 3.8) is 0 Å². The maximum atomic E-state index is 9.88. The molecule has 0 amide bonds. The van der Waals surface area contributed by atoms with Crippen LogP contribution in [-0.4, -0.2) is 44.1 Å². The third-order valence-electron chi connectivity index (χ3n) is 3.14. The monoisotopic (exact) mass is 314 g/mol. The minimum atomic E-state index is -0.526. The van der Waals surface area contributed by atoms with Crippen molar-refractivity contribution in [3.05, 3.63) is 28.8 Å². The number of nitrogens with one attached hydrogen (secondary N) is 1. The van der Waals surface area contributed by atoms with Crippen molar-refractivity contribution in [3.8, 4) is 0 Å². The molecule has 0 aromatic heterocycles. The van der Waals surface area contributed by atoms with Crippen LogP contribution < -0.4 is 10.2 Å². The largest absolute Gasteiger partial charge is 0.389 e. The van der Waals surface area contributed by atoms with Crippen molar-refractivity contribution in [1.82, 2.24) is 5.32 Å². The molecule has 0 spiro atoms. The fraction of sp³-hybridized carbons (Fsp3) is 0.625. The molecule has 2 N–H and O–H groups in total. The van der Waals surface area contributed by atoms with Crippen LogP contribution in [-0.2, 0) is 11.3 Å². The molecule has 1 aromatic rings. The average Bonchev–Trinajstić information content (AvgIpc) is 2.36. The number of aliphatic hydroxyl groups excluding tert-OH is 1. The molecule has 120 valence electrons. The molecule has 0 radical (unpaired) electrons. The van der Waals surface area contributed by atoms with Crippen LogP contribution >= 0.6 is 11.6 Å². The number of rotatable bonds is 7. The van der Waals surface area contributed by atoms with Crippen LogP contribution in [0.4, 0.5) is 5.69 Å². The highest BCUT2D eigenvalue weighted by atomic mass is 35.5. The Bertz CT molecular complexity index is 446. The molecule has 4 nitrogen and oxygen atoms in total. The van der Waals surface area contributed by atoms with E-state index in [0.29, 0.717) is 19.7 Å². The zero-order valence-corrected chi connectivity index (χ0v) is 14.4. The van der Waals surface area contributed by atoms with Gasteiger partial charge in [-0.05, 0) is 32.9 Å². The second-order valence-corrected chi connectivity index (χ2v) is 6.74. The predicted octanol–water partition coefficient (Wildman–Crippen LogP) is 2.67. The second-order valence-electron chi connectivity index (χ2n) is 6.33. The van der Waals surface area contributed by atoms with Crippen LogP contribution in [0, 0.1) is 0 Å². The summed E-state index contributed by atoms with van der Waals surface area (Å²) in [6.45, 7) is 7.86. The molecule has 0 saturated carbocycles. The summed E-state index contributed by atoms with van der Waals surface area (Å²) in [5.41, 5.74) is 2.08. The SMILES string of the molecule is COCC(O)CN(C)c1cccc(Cl)c1CNC(C)(C)C. The van der Waals surface area contributed by atoms with Gasteiger partial charge >= 0.3 is 0 Å². The van der Waals surface area contributed by atoms with Crippen LogP contribution in [0.15, 0.2) is 18.2 Å². The van der Waals surface area contributed by atoms with Crippen molar-refractivity contribution in [1.29, 1.82) is 0 Å². The molecule has 0 heterocycles. The van der Waals surface area contributed by atoms with Gasteiger partial charge in [0.2, 0.25) is 0 Å². The maximum absolute atomic E-state index is 9.88. The Balaban J connectivity index is 2.88. The van der Waals surface area contributed by atoms with Crippen LogP contribution in [0.2, 0.25) is 5.02 Å². The smallest absolute Gasteiger partial charge is 0.0947 e. The highest BCUT2D eigenvalue weighted by molar-refractivity contribution is 6.31. The minimum Gasteiger partial charge on any atom is -0.389 e. The number of benzene rings is 1. The summed E-state index contributed by atoms with van der Waals surface area (Å²) in [7, 11) is 3.53. The topological polar surface area (TPSA) is 44.7 Å². The zero-order chi connectivity index (χ0) is 16.0. The van der Waals surface area contributed by atoms with E-state index in [1.165, 1.54) is 0 Å². The Morgan fingerprint density at radius 1 is 1.38 bits per heavy atom. The van der Waals surface area contributed by atoms with Gasteiger partial charge < -0.3 is 20.1 Å². The Labute approximate surface area is 133 Å². The van der Waals surface area contributed by atoms with Crippen LogP contribution in [0.5, 0.6) is 0 Å². The standard InChI is InChI=1S/C16H27ClN2O2/c1-16(2,3)18-9-13-14(17)7-6-8-15(13)19(4)10-12(20)11-21-5/h6-8,12,18,20H,9-11H2,1-5H3. The third-order valence-corrected chi connectivity index (χ3v) is 3.50. The lowest BCUT2D eigenvalue weighted by Crippen LogP contribution is -2.36. The number of halogens is 1. The number of aliphatic hydroxyl groups is 1. The van der Waals surface area contributed by atoms with Crippen LogP contribution in [0.1, 0.15) is 26.3 Å². The third kappa shape index (κ3) is 6.22. The molecule has 0 aliphatic carbocycles. The minimum absolute atomic E-state index is 0.0184. The fourth-order valence-electron chi connectivity index (χ4n) is 2.09. The quantitative estimate of drug-likeness (QED) is 0.812. The van der Waals surface area contributed by atoms with Crippen LogP contribution in [0.3, 0.4) is 0 Å². The first-order chi connectivity index (χ1) is 9.74. The highest BCUT2D eigenvalue weighted by Gasteiger charge is 2.16. The molecular formula is C16H27ClN2O2. The summed E-state index contributed by atoms with van der Waals surface area (Å²) in [6, 6.07) is 5.84. The van der Waals surface area contributed by atoms with E-state index in [-0.39, 0.29) is 5.54 Å². The molecule has 1 unspecified atom stereocenters. The number of ether oxygens (including phenoxy) is 1. The van der Waals surface area contributed by atoms with Crippen LogP contribution in [0.25, 0.3) is 0 Å². The molecular weight excluding hydrogens is 288 g/mol. The molecule has 0 aliphatic rings. The van der Waals surface area contributed by atoms with E-state index in [1.54, 1.807) is 7.11 Å². The molecule has 0 fully saturated rings. The lowest BCUT2D eigenvalue weighted by atomic mass is 10.1. The van der Waals surface area contributed by atoms with Gasteiger partial charge in [-0.1, -0.05) is 17.7 Å². The van der Waals surface area contributed by atoms with E-state index >= 15 is 0 Å². The molecule has 1 atom stereocenters. The van der Waals surface area contributed by atoms with Gasteiger partial charge in [0.15, 0.2) is 0 Å². The van der Waals surface area contributed by atoms with E-state index in [1.807, 2.05) is 30.1 Å². The van der Waals surface area contributed by atoms with Crippen molar-refractivity contribution in [2.75, 3.05) is 32.2 Å². The van der Waals surface area contributed by atoms with Gasteiger partial charge in [-0.15, -0.1) is 0 Å². The first-order valence-electron chi connectivity index (χ1n) is 7.15.